The fraction of sp³-hybridized carbons (Fsp3) is 0.438. The van der Waals surface area contributed by atoms with E-state index in [0.29, 0.717) is 11.9 Å². The Balaban J connectivity index is 1.71. The van der Waals surface area contributed by atoms with Crippen molar-refractivity contribution in [3.05, 3.63) is 42.0 Å². The van der Waals surface area contributed by atoms with E-state index in [1.54, 1.807) is 18.4 Å². The average molecular weight is 290 g/mol. The quantitative estimate of drug-likeness (QED) is 0.870. The monoisotopic (exact) mass is 290 g/mol. The van der Waals surface area contributed by atoms with Crippen LogP contribution < -0.4 is 0 Å². The Morgan fingerprint density at radius 2 is 2.05 bits per heavy atom. The smallest absolute Gasteiger partial charge is 0.226 e. The molecule has 0 saturated carbocycles. The van der Waals surface area contributed by atoms with Crippen molar-refractivity contribution in [3.63, 3.8) is 0 Å². The third-order valence-corrected chi connectivity index (χ3v) is 3.74. The van der Waals surface area contributed by atoms with E-state index in [-0.39, 0.29) is 11.9 Å². The maximum Gasteiger partial charge on any atom is 0.226 e. The van der Waals surface area contributed by atoms with E-state index < -0.39 is 0 Å². The summed E-state index contributed by atoms with van der Waals surface area (Å²) in [5.41, 5.74) is 1.67. The van der Waals surface area contributed by atoms with E-state index in [2.05, 4.69) is 23.7 Å². The lowest BCUT2D eigenvalue weighted by Crippen LogP contribution is -2.46. The van der Waals surface area contributed by atoms with Crippen molar-refractivity contribution < 1.29 is 13.5 Å². The summed E-state index contributed by atoms with van der Waals surface area (Å²) < 4.78 is 24.1. The summed E-state index contributed by atoms with van der Waals surface area (Å²) in [5.74, 6) is 0.264. The number of benzene rings is 1. The van der Waals surface area contributed by atoms with Crippen LogP contribution in [0.1, 0.15) is 19.5 Å². The van der Waals surface area contributed by atoms with Crippen LogP contribution in [0.2, 0.25) is 0 Å². The summed E-state index contributed by atoms with van der Waals surface area (Å²) >= 11 is 0. The zero-order valence-electron chi connectivity index (χ0n) is 12.3. The summed E-state index contributed by atoms with van der Waals surface area (Å²) in [4.78, 5) is 6.83. The van der Waals surface area contributed by atoms with Gasteiger partial charge in [0.05, 0.1) is 18.4 Å². The zero-order valence-corrected chi connectivity index (χ0v) is 12.3. The number of nitrogens with zero attached hydrogens (tertiary/aromatic N) is 2. The minimum Gasteiger partial charge on any atom is -0.444 e. The molecule has 0 spiro atoms. The van der Waals surface area contributed by atoms with Crippen molar-refractivity contribution in [2.45, 2.75) is 32.5 Å². The van der Waals surface area contributed by atoms with E-state index in [4.69, 9.17) is 9.15 Å². The first-order valence-corrected chi connectivity index (χ1v) is 7.18. The standard InChI is InChI=1S/C16H19FN2O2/c1-11-9-20-12(2)7-19(11)8-15-10-21-16(18-15)13-3-5-14(17)6-4-13/h3-6,10-12H,7-9H2,1-2H3/t11-,12+/m0/s1. The third-order valence-electron chi connectivity index (χ3n) is 3.74. The zero-order chi connectivity index (χ0) is 14.8. The first-order valence-electron chi connectivity index (χ1n) is 7.18. The second kappa shape index (κ2) is 5.95. The Morgan fingerprint density at radius 3 is 2.81 bits per heavy atom. The van der Waals surface area contributed by atoms with E-state index in [1.165, 1.54) is 12.1 Å². The third kappa shape index (κ3) is 3.31. The van der Waals surface area contributed by atoms with Gasteiger partial charge in [-0.2, -0.15) is 0 Å². The van der Waals surface area contributed by atoms with Gasteiger partial charge in [-0.15, -0.1) is 0 Å². The van der Waals surface area contributed by atoms with Crippen molar-refractivity contribution in [2.24, 2.45) is 0 Å². The maximum absolute atomic E-state index is 12.9. The van der Waals surface area contributed by atoms with Crippen LogP contribution in [0, 0.1) is 5.82 Å². The lowest BCUT2D eigenvalue weighted by atomic mass is 10.2. The lowest BCUT2D eigenvalue weighted by molar-refractivity contribution is -0.0530. The second-order valence-corrected chi connectivity index (χ2v) is 5.57. The van der Waals surface area contributed by atoms with Crippen LogP contribution in [0.15, 0.2) is 34.9 Å². The molecule has 0 N–H and O–H groups in total. The Kier molecular flexibility index (Phi) is 4.03. The Hall–Kier alpha value is -1.72. The number of rotatable bonds is 3. The first kappa shape index (κ1) is 14.2. The summed E-state index contributed by atoms with van der Waals surface area (Å²) in [6, 6.07) is 6.53. The lowest BCUT2D eigenvalue weighted by Gasteiger charge is -2.36. The second-order valence-electron chi connectivity index (χ2n) is 5.57. The molecule has 1 aromatic heterocycles. The number of oxazole rings is 1. The molecule has 0 amide bonds. The van der Waals surface area contributed by atoms with Gasteiger partial charge in [0.15, 0.2) is 0 Å². The van der Waals surface area contributed by atoms with Gasteiger partial charge in [0.1, 0.15) is 12.1 Å². The van der Waals surface area contributed by atoms with E-state index in [9.17, 15) is 4.39 Å². The molecular weight excluding hydrogens is 271 g/mol. The molecule has 112 valence electrons. The molecule has 0 aliphatic carbocycles. The topological polar surface area (TPSA) is 38.5 Å². The normalized spacial score (nSPS) is 23.4. The van der Waals surface area contributed by atoms with Crippen LogP contribution in [-0.2, 0) is 11.3 Å². The van der Waals surface area contributed by atoms with Crippen LogP contribution >= 0.6 is 0 Å². The van der Waals surface area contributed by atoms with Crippen LogP contribution in [-0.4, -0.2) is 35.2 Å². The summed E-state index contributed by atoms with van der Waals surface area (Å²) in [6.45, 7) is 6.59. The van der Waals surface area contributed by atoms with Crippen LogP contribution in [0.5, 0.6) is 0 Å². The molecule has 2 aromatic rings. The van der Waals surface area contributed by atoms with Gasteiger partial charge in [0.2, 0.25) is 5.89 Å². The molecule has 0 bridgehead atoms. The molecule has 5 heteroatoms. The molecular formula is C16H19FN2O2. The number of hydrogen-bond donors (Lipinski definition) is 0. The van der Waals surface area contributed by atoms with Crippen LogP contribution in [0.3, 0.4) is 0 Å². The van der Waals surface area contributed by atoms with Gasteiger partial charge in [0.25, 0.3) is 0 Å². The largest absolute Gasteiger partial charge is 0.444 e. The molecule has 1 fully saturated rings. The molecule has 2 heterocycles. The molecule has 0 radical (unpaired) electrons. The fourth-order valence-corrected chi connectivity index (χ4v) is 2.50. The maximum atomic E-state index is 12.9. The van der Waals surface area contributed by atoms with Gasteiger partial charge in [-0.1, -0.05) is 0 Å². The molecule has 1 aliphatic rings. The van der Waals surface area contributed by atoms with E-state index >= 15 is 0 Å². The van der Waals surface area contributed by atoms with Crippen LogP contribution in [0.25, 0.3) is 11.5 Å². The number of morpholine rings is 1. The molecule has 2 atom stereocenters. The number of aromatic nitrogens is 1. The van der Waals surface area contributed by atoms with Gasteiger partial charge in [-0.25, -0.2) is 9.37 Å². The average Bonchev–Trinajstić information content (AvgIpc) is 2.92. The predicted molar refractivity (Wildman–Crippen MR) is 77.2 cm³/mol. The highest BCUT2D eigenvalue weighted by Crippen LogP contribution is 2.21. The molecule has 4 nitrogen and oxygen atoms in total. The number of hydrogen-bond acceptors (Lipinski definition) is 4. The minimum absolute atomic E-state index is 0.240. The van der Waals surface area contributed by atoms with Crippen molar-refractivity contribution in [2.75, 3.05) is 13.2 Å². The predicted octanol–water partition coefficient (Wildman–Crippen LogP) is 3.09. The van der Waals surface area contributed by atoms with Gasteiger partial charge in [-0.3, -0.25) is 4.90 Å². The molecule has 3 rings (SSSR count). The summed E-state index contributed by atoms with van der Waals surface area (Å²) in [6.07, 6.45) is 1.91. The molecule has 21 heavy (non-hydrogen) atoms. The molecule has 1 aliphatic heterocycles. The first-order chi connectivity index (χ1) is 10.1. The Morgan fingerprint density at radius 1 is 1.29 bits per heavy atom. The van der Waals surface area contributed by atoms with Gasteiger partial charge < -0.3 is 9.15 Å². The van der Waals surface area contributed by atoms with E-state index in [1.807, 2.05) is 0 Å². The van der Waals surface area contributed by atoms with Crippen LogP contribution in [0.4, 0.5) is 4.39 Å². The van der Waals surface area contributed by atoms with Gasteiger partial charge in [0, 0.05) is 24.7 Å². The molecule has 1 saturated heterocycles. The Labute approximate surface area is 123 Å². The van der Waals surface area contributed by atoms with E-state index in [0.717, 1.165) is 31.0 Å². The minimum atomic E-state index is -0.262. The van der Waals surface area contributed by atoms with Gasteiger partial charge >= 0.3 is 0 Å². The van der Waals surface area contributed by atoms with Crippen molar-refractivity contribution in [1.29, 1.82) is 0 Å². The summed E-state index contributed by atoms with van der Waals surface area (Å²) in [7, 11) is 0. The molecule has 0 unspecified atom stereocenters. The molecule has 1 aromatic carbocycles. The highest BCUT2D eigenvalue weighted by atomic mass is 19.1. The number of halogens is 1. The Bertz CT molecular complexity index is 597. The van der Waals surface area contributed by atoms with Crippen molar-refractivity contribution in [1.82, 2.24) is 9.88 Å². The number of ether oxygens (including phenoxy) is 1. The highest BCUT2D eigenvalue weighted by molar-refractivity contribution is 5.52. The summed E-state index contributed by atoms with van der Waals surface area (Å²) in [5, 5.41) is 0. The fourth-order valence-electron chi connectivity index (χ4n) is 2.50. The van der Waals surface area contributed by atoms with Gasteiger partial charge in [-0.05, 0) is 38.1 Å². The highest BCUT2D eigenvalue weighted by Gasteiger charge is 2.24. The van der Waals surface area contributed by atoms with Crippen molar-refractivity contribution in [3.8, 4) is 11.5 Å². The SMILES string of the molecule is C[C@@H]1CN(Cc2coc(-c3ccc(F)cc3)n2)[C@@H](C)CO1. The van der Waals surface area contributed by atoms with Crippen molar-refractivity contribution >= 4 is 0 Å².